The van der Waals surface area contributed by atoms with Crippen molar-refractivity contribution in [2.75, 3.05) is 29.9 Å². The number of hydrogen-bond donors (Lipinski definition) is 1. The molecule has 0 aromatic heterocycles. The number of amides is 1. The summed E-state index contributed by atoms with van der Waals surface area (Å²) in [7, 11) is -2.12. The van der Waals surface area contributed by atoms with Crippen LogP contribution >= 0.6 is 0 Å². The third-order valence-electron chi connectivity index (χ3n) is 4.98. The molecule has 31 heavy (non-hydrogen) atoms. The lowest BCUT2D eigenvalue weighted by atomic mass is 9.92. The van der Waals surface area contributed by atoms with Crippen LogP contribution in [0.5, 0.6) is 11.5 Å². The second kappa shape index (κ2) is 8.78. The summed E-state index contributed by atoms with van der Waals surface area (Å²) in [5.74, 6) is 1.16. The van der Waals surface area contributed by atoms with Crippen molar-refractivity contribution in [3.05, 3.63) is 48.0 Å². The molecule has 1 N–H and O–H groups in total. The molecule has 8 heteroatoms. The van der Waals surface area contributed by atoms with Crippen molar-refractivity contribution in [2.45, 2.75) is 33.4 Å². The van der Waals surface area contributed by atoms with E-state index in [4.69, 9.17) is 9.47 Å². The van der Waals surface area contributed by atoms with Gasteiger partial charge in [-0.25, -0.2) is 8.42 Å². The molecule has 2 aromatic carbocycles. The van der Waals surface area contributed by atoms with E-state index in [9.17, 15) is 13.2 Å². The Balaban J connectivity index is 1.86. The van der Waals surface area contributed by atoms with Crippen LogP contribution in [-0.4, -0.2) is 34.6 Å². The maximum absolute atomic E-state index is 13.1. The van der Waals surface area contributed by atoms with Gasteiger partial charge in [-0.15, -0.1) is 0 Å². The number of hydrogen-bond acceptors (Lipinski definition) is 5. The fourth-order valence-electron chi connectivity index (χ4n) is 3.45. The van der Waals surface area contributed by atoms with Gasteiger partial charge in [-0.1, -0.05) is 26.0 Å². The highest BCUT2D eigenvalue weighted by atomic mass is 32.2. The molecule has 1 aliphatic rings. The van der Waals surface area contributed by atoms with E-state index in [0.29, 0.717) is 35.0 Å². The monoisotopic (exact) mass is 446 g/mol. The zero-order valence-corrected chi connectivity index (χ0v) is 19.5. The van der Waals surface area contributed by atoms with Crippen molar-refractivity contribution < 1.29 is 22.7 Å². The van der Waals surface area contributed by atoms with Crippen LogP contribution in [0.2, 0.25) is 0 Å². The predicted molar refractivity (Wildman–Crippen MR) is 122 cm³/mol. The van der Waals surface area contributed by atoms with E-state index < -0.39 is 15.4 Å². The Bertz CT molecular complexity index is 1060. The van der Waals surface area contributed by atoms with Gasteiger partial charge in [0.1, 0.15) is 18.1 Å². The average molecular weight is 447 g/mol. The maximum Gasteiger partial charge on any atom is 0.236 e. The zero-order chi connectivity index (χ0) is 22.8. The van der Waals surface area contributed by atoms with Gasteiger partial charge in [-0.05, 0) is 49.6 Å². The fraction of sp³-hybridized carbons (Fsp3) is 0.435. The van der Waals surface area contributed by atoms with Gasteiger partial charge in [0.25, 0.3) is 0 Å². The van der Waals surface area contributed by atoms with E-state index >= 15 is 0 Å². The van der Waals surface area contributed by atoms with Crippen molar-refractivity contribution in [3.8, 4) is 11.5 Å². The van der Waals surface area contributed by atoms with Gasteiger partial charge in [-0.2, -0.15) is 0 Å². The molecule has 1 heterocycles. The lowest BCUT2D eigenvalue weighted by molar-refractivity contribution is -0.127. The SMILES string of the molecule is COc1cccc(CS(=O)(=O)Nc2ccc3c(c2)OCC(C)(C)C(=O)N3CC(C)C)c1. The highest BCUT2D eigenvalue weighted by Gasteiger charge is 2.38. The first-order chi connectivity index (χ1) is 14.5. The molecule has 0 saturated heterocycles. The van der Waals surface area contributed by atoms with Gasteiger partial charge in [0, 0.05) is 12.6 Å². The minimum Gasteiger partial charge on any atom is -0.497 e. The molecule has 3 rings (SSSR count). The van der Waals surface area contributed by atoms with E-state index in [1.807, 2.05) is 27.7 Å². The van der Waals surface area contributed by atoms with Crippen molar-refractivity contribution in [2.24, 2.45) is 11.3 Å². The van der Waals surface area contributed by atoms with Crippen LogP contribution < -0.4 is 19.1 Å². The van der Waals surface area contributed by atoms with E-state index in [1.54, 1.807) is 47.4 Å². The molecule has 1 aliphatic heterocycles. The van der Waals surface area contributed by atoms with E-state index in [0.717, 1.165) is 0 Å². The molecule has 1 amide bonds. The van der Waals surface area contributed by atoms with Gasteiger partial charge in [0.15, 0.2) is 0 Å². The first kappa shape index (κ1) is 22.9. The van der Waals surface area contributed by atoms with Gasteiger partial charge in [0.05, 0.1) is 29.7 Å². The van der Waals surface area contributed by atoms with Gasteiger partial charge < -0.3 is 14.4 Å². The number of rotatable bonds is 7. The molecule has 168 valence electrons. The van der Waals surface area contributed by atoms with E-state index in [-0.39, 0.29) is 24.2 Å². The summed E-state index contributed by atoms with van der Waals surface area (Å²) in [6, 6.07) is 12.0. The van der Waals surface area contributed by atoms with Crippen LogP contribution in [0.4, 0.5) is 11.4 Å². The summed E-state index contributed by atoms with van der Waals surface area (Å²) in [4.78, 5) is 14.8. The molecule has 0 saturated carbocycles. The quantitative estimate of drug-likeness (QED) is 0.694. The molecule has 2 aromatic rings. The summed E-state index contributed by atoms with van der Waals surface area (Å²) in [6.45, 7) is 8.57. The molecular formula is C23H30N2O5S. The maximum atomic E-state index is 13.1. The molecule has 0 unspecified atom stereocenters. The Labute approximate surface area is 184 Å². The third-order valence-corrected chi connectivity index (χ3v) is 6.24. The third kappa shape index (κ3) is 5.50. The van der Waals surface area contributed by atoms with Gasteiger partial charge in [0.2, 0.25) is 15.9 Å². The first-order valence-electron chi connectivity index (χ1n) is 10.2. The van der Waals surface area contributed by atoms with Gasteiger partial charge >= 0.3 is 0 Å². The number of carbonyl (C=O) groups excluding carboxylic acids is 1. The number of fused-ring (bicyclic) bond motifs is 1. The molecule has 7 nitrogen and oxygen atoms in total. The zero-order valence-electron chi connectivity index (χ0n) is 18.6. The van der Waals surface area contributed by atoms with Crippen LogP contribution in [-0.2, 0) is 20.6 Å². The summed E-state index contributed by atoms with van der Waals surface area (Å²) in [5, 5.41) is 0. The highest BCUT2D eigenvalue weighted by Crippen LogP contribution is 2.38. The number of methoxy groups -OCH3 is 1. The number of nitrogens with zero attached hydrogens (tertiary/aromatic N) is 1. The van der Waals surface area contributed by atoms with Crippen LogP contribution in [0.25, 0.3) is 0 Å². The largest absolute Gasteiger partial charge is 0.497 e. The van der Waals surface area contributed by atoms with Crippen molar-refractivity contribution >= 4 is 27.3 Å². The second-order valence-electron chi connectivity index (χ2n) is 8.88. The Morgan fingerprint density at radius 3 is 2.61 bits per heavy atom. The average Bonchev–Trinajstić information content (AvgIpc) is 2.77. The standard InChI is InChI=1S/C23H30N2O5S/c1-16(2)13-25-20-10-9-18(12-21(20)30-15-23(3,4)22(25)26)24-31(27,28)14-17-7-6-8-19(11-17)29-5/h6-12,16,24H,13-15H2,1-5H3. The second-order valence-corrected chi connectivity index (χ2v) is 10.6. The molecule has 0 aliphatic carbocycles. The minimum absolute atomic E-state index is 0.00805. The minimum atomic E-state index is -3.66. The highest BCUT2D eigenvalue weighted by molar-refractivity contribution is 7.91. The van der Waals surface area contributed by atoms with Crippen LogP contribution in [0.15, 0.2) is 42.5 Å². The van der Waals surface area contributed by atoms with Crippen LogP contribution in [0.1, 0.15) is 33.3 Å². The first-order valence-corrected chi connectivity index (χ1v) is 11.9. The number of nitrogens with one attached hydrogen (secondary N) is 1. The summed E-state index contributed by atoms with van der Waals surface area (Å²) >= 11 is 0. The summed E-state index contributed by atoms with van der Waals surface area (Å²) in [6.07, 6.45) is 0. The lowest BCUT2D eigenvalue weighted by Crippen LogP contribution is -2.43. The number of anilines is 2. The number of ether oxygens (including phenoxy) is 2. The van der Waals surface area contributed by atoms with Crippen molar-refractivity contribution in [1.82, 2.24) is 0 Å². The smallest absolute Gasteiger partial charge is 0.236 e. The van der Waals surface area contributed by atoms with Crippen LogP contribution in [0, 0.1) is 11.3 Å². The van der Waals surface area contributed by atoms with E-state index in [2.05, 4.69) is 4.72 Å². The number of sulfonamides is 1. The topological polar surface area (TPSA) is 84.9 Å². The molecule has 0 spiro atoms. The number of carbonyl (C=O) groups is 1. The molecule has 0 radical (unpaired) electrons. The predicted octanol–water partition coefficient (Wildman–Crippen LogP) is 4.04. The normalized spacial score (nSPS) is 15.8. The molecular weight excluding hydrogens is 416 g/mol. The Morgan fingerprint density at radius 1 is 1.19 bits per heavy atom. The molecule has 0 fully saturated rings. The van der Waals surface area contributed by atoms with Crippen LogP contribution in [0.3, 0.4) is 0 Å². The van der Waals surface area contributed by atoms with Gasteiger partial charge in [-0.3, -0.25) is 9.52 Å². The Kier molecular flexibility index (Phi) is 6.50. The number of benzene rings is 2. The fourth-order valence-corrected chi connectivity index (χ4v) is 4.63. The Morgan fingerprint density at radius 2 is 1.94 bits per heavy atom. The Hall–Kier alpha value is -2.74. The van der Waals surface area contributed by atoms with Crippen molar-refractivity contribution in [3.63, 3.8) is 0 Å². The lowest BCUT2D eigenvalue weighted by Gasteiger charge is -2.29. The van der Waals surface area contributed by atoms with Crippen molar-refractivity contribution in [1.29, 1.82) is 0 Å². The summed E-state index contributed by atoms with van der Waals surface area (Å²) < 4.78 is 39.1. The summed E-state index contributed by atoms with van der Waals surface area (Å²) in [5.41, 5.74) is 0.978. The molecule has 0 atom stereocenters. The molecule has 0 bridgehead atoms. The van der Waals surface area contributed by atoms with E-state index in [1.165, 1.54) is 7.11 Å².